The molecule has 0 saturated carbocycles. The van der Waals surface area contributed by atoms with E-state index in [1.807, 2.05) is 27.8 Å². The molecule has 0 aliphatic heterocycles. The minimum Gasteiger partial charge on any atom is -0.381 e. The molecule has 0 atom stereocenters. The number of ketones is 1. The number of hydrogen-bond donors (Lipinski definition) is 3. The van der Waals surface area contributed by atoms with Crippen molar-refractivity contribution in [3.05, 3.63) is 24.4 Å². The fourth-order valence-electron chi connectivity index (χ4n) is 0.709. The highest BCUT2D eigenvalue weighted by molar-refractivity contribution is 5.89. The molecule has 120 valence electrons. The third kappa shape index (κ3) is 19.2. The molecule has 0 fully saturated rings. The molecule has 0 unspecified atom stereocenters. The van der Waals surface area contributed by atoms with E-state index in [1.165, 1.54) is 5.57 Å². The smallest absolute Gasteiger partial charge is 0.170 e. The Kier molecular flexibility index (Phi) is 17.1. The molecule has 0 amide bonds. The summed E-state index contributed by atoms with van der Waals surface area (Å²) in [5.41, 5.74) is 6.88. The van der Waals surface area contributed by atoms with Crippen LogP contribution in [0.15, 0.2) is 24.4 Å². The zero-order valence-corrected chi connectivity index (χ0v) is 14.5. The van der Waals surface area contributed by atoms with Gasteiger partial charge in [-0.1, -0.05) is 32.9 Å². The van der Waals surface area contributed by atoms with Gasteiger partial charge in [-0.15, -0.1) is 6.58 Å². The average molecular weight is 285 g/mol. The highest BCUT2D eigenvalue weighted by Crippen LogP contribution is 1.97. The second-order valence-corrected chi connectivity index (χ2v) is 4.94. The van der Waals surface area contributed by atoms with Crippen molar-refractivity contribution < 1.29 is 4.79 Å². The van der Waals surface area contributed by atoms with Crippen LogP contribution in [-0.4, -0.2) is 31.5 Å². The Bertz CT molecular complexity index is 278. The molecule has 0 aromatic heterocycles. The van der Waals surface area contributed by atoms with Gasteiger partial charge in [-0.05, 0) is 34.2 Å². The highest BCUT2D eigenvalue weighted by atomic mass is 16.1. The van der Waals surface area contributed by atoms with Crippen LogP contribution in [0.2, 0.25) is 0 Å². The molecular formula is C16H35N3O. The van der Waals surface area contributed by atoms with Gasteiger partial charge in [-0.2, -0.15) is 0 Å². The van der Waals surface area contributed by atoms with Crippen LogP contribution in [0.25, 0.3) is 0 Å². The molecule has 20 heavy (non-hydrogen) atoms. The van der Waals surface area contributed by atoms with Gasteiger partial charge in [0.2, 0.25) is 0 Å². The van der Waals surface area contributed by atoms with Crippen LogP contribution < -0.4 is 16.4 Å². The summed E-state index contributed by atoms with van der Waals surface area (Å²) in [6.45, 7) is 19.8. The van der Waals surface area contributed by atoms with Gasteiger partial charge in [0, 0.05) is 12.2 Å². The fourth-order valence-corrected chi connectivity index (χ4v) is 0.709. The van der Waals surface area contributed by atoms with Gasteiger partial charge in [-0.3, -0.25) is 4.79 Å². The molecule has 0 aromatic rings. The van der Waals surface area contributed by atoms with Gasteiger partial charge in [-0.25, -0.2) is 0 Å². The van der Waals surface area contributed by atoms with Crippen LogP contribution in [-0.2, 0) is 4.79 Å². The van der Waals surface area contributed by atoms with Crippen LogP contribution in [0.3, 0.4) is 0 Å². The zero-order chi connectivity index (χ0) is 16.8. The molecule has 0 aliphatic rings. The molecule has 0 heterocycles. The van der Waals surface area contributed by atoms with Crippen molar-refractivity contribution in [1.29, 1.82) is 0 Å². The van der Waals surface area contributed by atoms with Crippen molar-refractivity contribution in [2.45, 2.75) is 53.5 Å². The second-order valence-electron chi connectivity index (χ2n) is 4.94. The van der Waals surface area contributed by atoms with Gasteiger partial charge < -0.3 is 16.4 Å². The zero-order valence-electron chi connectivity index (χ0n) is 14.5. The third-order valence-corrected chi connectivity index (χ3v) is 2.21. The Morgan fingerprint density at radius 1 is 1.20 bits per heavy atom. The van der Waals surface area contributed by atoms with E-state index >= 15 is 0 Å². The number of Topliss-reactive ketones (excluding diaryl/α,β-unsaturated/α-hetero) is 1. The van der Waals surface area contributed by atoms with Gasteiger partial charge in [0.1, 0.15) is 0 Å². The molecular weight excluding hydrogens is 250 g/mol. The van der Waals surface area contributed by atoms with Crippen LogP contribution in [0, 0.1) is 0 Å². The van der Waals surface area contributed by atoms with E-state index in [0.717, 1.165) is 12.1 Å². The topological polar surface area (TPSA) is 67.1 Å². The Hall–Kier alpha value is -1.13. The van der Waals surface area contributed by atoms with Crippen LogP contribution in [0.1, 0.15) is 48.0 Å². The Labute approximate surface area is 125 Å². The summed E-state index contributed by atoms with van der Waals surface area (Å²) in [4.78, 5) is 11.3. The van der Waals surface area contributed by atoms with Crippen molar-refractivity contribution in [3.8, 4) is 0 Å². The maximum absolute atomic E-state index is 11.3. The van der Waals surface area contributed by atoms with E-state index in [4.69, 9.17) is 5.73 Å². The summed E-state index contributed by atoms with van der Waals surface area (Å²) in [5.74, 6) is -0.0234. The molecule has 0 spiro atoms. The molecule has 0 rings (SSSR count). The number of likely N-dealkylation sites (N-methyl/N-ethyl adjacent to an activating group) is 1. The maximum Gasteiger partial charge on any atom is 0.170 e. The minimum absolute atomic E-state index is 0.0234. The van der Waals surface area contributed by atoms with Crippen molar-refractivity contribution >= 4 is 5.78 Å². The monoisotopic (exact) mass is 285 g/mol. The predicted octanol–water partition coefficient (Wildman–Crippen LogP) is 2.61. The summed E-state index contributed by atoms with van der Waals surface area (Å²) in [6.07, 6.45) is 1.11. The normalized spacial score (nSPS) is 9.40. The SMILES string of the molecule is C=C(C)CC.C=C(CNC)NCC(=O)C(C)(C)N.CC. The van der Waals surface area contributed by atoms with E-state index in [0.29, 0.717) is 6.54 Å². The van der Waals surface area contributed by atoms with E-state index in [9.17, 15) is 4.79 Å². The number of rotatable bonds is 7. The lowest BCUT2D eigenvalue weighted by Crippen LogP contribution is -2.46. The Morgan fingerprint density at radius 3 is 1.85 bits per heavy atom. The van der Waals surface area contributed by atoms with Gasteiger partial charge in [0.05, 0.1) is 12.1 Å². The summed E-state index contributed by atoms with van der Waals surface area (Å²) in [6, 6.07) is 0. The lowest BCUT2D eigenvalue weighted by Gasteiger charge is -2.18. The predicted molar refractivity (Wildman–Crippen MR) is 90.8 cm³/mol. The molecule has 0 saturated heterocycles. The standard InChI is InChI=1S/C9H19N3O.C5H10.C2H6/c1-7(5-11-4)12-6-8(13)9(2,3)10;1-4-5(2)3;1-2/h11-12H,1,5-6,10H2,2-4H3;2,4H2,1,3H3;1-2H3. The quantitative estimate of drug-likeness (QED) is 0.629. The number of nitrogens with one attached hydrogen (secondary N) is 2. The Morgan fingerprint density at radius 2 is 1.60 bits per heavy atom. The van der Waals surface area contributed by atoms with Crippen molar-refractivity contribution in [1.82, 2.24) is 10.6 Å². The van der Waals surface area contributed by atoms with E-state index in [-0.39, 0.29) is 12.3 Å². The molecule has 4 nitrogen and oxygen atoms in total. The van der Waals surface area contributed by atoms with E-state index < -0.39 is 5.54 Å². The highest BCUT2D eigenvalue weighted by Gasteiger charge is 2.20. The molecule has 0 aliphatic carbocycles. The number of allylic oxidation sites excluding steroid dienone is 1. The number of hydrogen-bond acceptors (Lipinski definition) is 4. The number of nitrogens with two attached hydrogens (primary N) is 1. The first-order valence-electron chi connectivity index (χ1n) is 7.17. The fraction of sp³-hybridized carbons (Fsp3) is 0.688. The van der Waals surface area contributed by atoms with Crippen molar-refractivity contribution in [2.75, 3.05) is 20.1 Å². The summed E-state index contributed by atoms with van der Waals surface area (Å²) >= 11 is 0. The second kappa shape index (κ2) is 14.3. The third-order valence-electron chi connectivity index (χ3n) is 2.21. The Balaban J connectivity index is -0.000000346. The molecule has 0 radical (unpaired) electrons. The van der Waals surface area contributed by atoms with Crippen molar-refractivity contribution in [3.63, 3.8) is 0 Å². The molecule has 4 heteroatoms. The largest absolute Gasteiger partial charge is 0.381 e. The minimum atomic E-state index is -0.771. The van der Waals surface area contributed by atoms with Gasteiger partial charge in [0.15, 0.2) is 5.78 Å². The van der Waals surface area contributed by atoms with Crippen LogP contribution in [0.4, 0.5) is 0 Å². The van der Waals surface area contributed by atoms with Crippen LogP contribution >= 0.6 is 0 Å². The average Bonchev–Trinajstić information content (AvgIpc) is 2.38. The lowest BCUT2D eigenvalue weighted by molar-refractivity contribution is -0.122. The van der Waals surface area contributed by atoms with Gasteiger partial charge in [0.25, 0.3) is 0 Å². The number of carbonyl (C=O) groups is 1. The first-order valence-corrected chi connectivity index (χ1v) is 7.17. The maximum atomic E-state index is 11.3. The first-order chi connectivity index (χ1) is 9.15. The van der Waals surface area contributed by atoms with Crippen molar-refractivity contribution in [2.24, 2.45) is 5.73 Å². The van der Waals surface area contributed by atoms with Gasteiger partial charge >= 0.3 is 0 Å². The van der Waals surface area contributed by atoms with E-state index in [1.54, 1.807) is 13.8 Å². The van der Waals surface area contributed by atoms with Crippen LogP contribution in [0.5, 0.6) is 0 Å². The lowest BCUT2D eigenvalue weighted by atomic mass is 10.0. The number of carbonyl (C=O) groups excluding carboxylic acids is 1. The first kappa shape index (κ1) is 23.9. The summed E-state index contributed by atoms with van der Waals surface area (Å²) in [7, 11) is 1.82. The summed E-state index contributed by atoms with van der Waals surface area (Å²) in [5, 5.41) is 5.83. The molecule has 0 bridgehead atoms. The molecule has 0 aromatic carbocycles. The molecule has 4 N–H and O–H groups in total. The summed E-state index contributed by atoms with van der Waals surface area (Å²) < 4.78 is 0. The van der Waals surface area contributed by atoms with E-state index in [2.05, 4.69) is 30.7 Å².